The Labute approximate surface area is 190 Å². The molecule has 3 aromatic carbocycles. The monoisotopic (exact) mass is 467 g/mol. The molecule has 0 spiro atoms. The van der Waals surface area contributed by atoms with E-state index in [-0.39, 0.29) is 5.69 Å². The molecule has 34 heavy (non-hydrogen) atoms. The number of hydrogen-bond acceptors (Lipinski definition) is 6. The number of primary amides is 1. The predicted molar refractivity (Wildman–Crippen MR) is 117 cm³/mol. The van der Waals surface area contributed by atoms with E-state index in [9.17, 15) is 22.8 Å². The van der Waals surface area contributed by atoms with Gasteiger partial charge in [0.05, 0.1) is 5.56 Å². The Kier molecular flexibility index (Phi) is 6.04. The number of alkyl halides is 3. The van der Waals surface area contributed by atoms with Gasteiger partial charge in [-0.15, -0.1) is 10.2 Å². The highest BCUT2D eigenvalue weighted by Gasteiger charge is 2.30. The molecule has 0 saturated heterocycles. The van der Waals surface area contributed by atoms with Crippen LogP contribution in [0.25, 0.3) is 11.1 Å². The number of nitrogens with zero attached hydrogens (tertiary/aromatic N) is 4. The van der Waals surface area contributed by atoms with Crippen LogP contribution in [0, 0.1) is 0 Å². The summed E-state index contributed by atoms with van der Waals surface area (Å²) in [5, 5.41) is 19.8. The molecule has 0 atom stereocenters. The lowest BCUT2D eigenvalue weighted by Gasteiger charge is -2.15. The third kappa shape index (κ3) is 5.06. The van der Waals surface area contributed by atoms with Crippen molar-refractivity contribution < 1.29 is 22.8 Å². The minimum absolute atomic E-state index is 0.0275. The molecule has 1 aliphatic rings. The highest BCUT2D eigenvalue weighted by Crippen LogP contribution is 2.35. The van der Waals surface area contributed by atoms with Crippen LogP contribution in [-0.2, 0) is 6.18 Å². The molecular formula is C22H16F3N7O2. The topological polar surface area (TPSA) is 134 Å². The van der Waals surface area contributed by atoms with Crippen LogP contribution < -0.4 is 16.4 Å². The standard InChI is InChI=1S/C22H16F3N7O2/c23-22(24,25)15-2-1-3-16(11-15)27-21(34)28-18-9-8-14(10-17(18)20-29-31-32-30-20)12-4-6-13(7-5-12)19(26)33/h1-11,20H,(H2,26,33)(H2,27,28,34). The first-order chi connectivity index (χ1) is 16.2. The number of carbonyl (C=O) groups is 2. The van der Waals surface area contributed by atoms with Gasteiger partial charge in [-0.25, -0.2) is 4.79 Å². The summed E-state index contributed by atoms with van der Waals surface area (Å²) in [6, 6.07) is 15.1. The maximum Gasteiger partial charge on any atom is 0.416 e. The minimum atomic E-state index is -4.54. The molecule has 3 aromatic rings. The fourth-order valence-corrected chi connectivity index (χ4v) is 3.25. The Bertz CT molecular complexity index is 1290. The Hall–Kier alpha value is -4.61. The smallest absolute Gasteiger partial charge is 0.366 e. The fraction of sp³-hybridized carbons (Fsp3) is 0.0909. The van der Waals surface area contributed by atoms with Crippen LogP contribution in [0.5, 0.6) is 0 Å². The molecule has 0 fully saturated rings. The highest BCUT2D eigenvalue weighted by atomic mass is 19.4. The van der Waals surface area contributed by atoms with Crippen LogP contribution in [0.1, 0.15) is 27.7 Å². The van der Waals surface area contributed by atoms with Crippen molar-refractivity contribution in [1.82, 2.24) is 0 Å². The average Bonchev–Trinajstić information content (AvgIpc) is 3.34. The van der Waals surface area contributed by atoms with Crippen molar-refractivity contribution in [3.8, 4) is 11.1 Å². The second-order valence-electron chi connectivity index (χ2n) is 7.18. The van der Waals surface area contributed by atoms with Crippen molar-refractivity contribution in [2.75, 3.05) is 10.6 Å². The largest absolute Gasteiger partial charge is 0.416 e. The normalized spacial score (nSPS) is 13.1. The number of hydrogen-bond donors (Lipinski definition) is 3. The quantitative estimate of drug-likeness (QED) is 0.428. The number of halogens is 3. The second-order valence-corrected chi connectivity index (χ2v) is 7.18. The highest BCUT2D eigenvalue weighted by molar-refractivity contribution is 6.00. The van der Waals surface area contributed by atoms with E-state index in [1.807, 2.05) is 0 Å². The minimum Gasteiger partial charge on any atom is -0.366 e. The Morgan fingerprint density at radius 2 is 1.53 bits per heavy atom. The van der Waals surface area contributed by atoms with E-state index in [1.54, 1.807) is 42.5 Å². The first-order valence-corrected chi connectivity index (χ1v) is 9.80. The maximum absolute atomic E-state index is 12.9. The molecule has 1 heterocycles. The summed E-state index contributed by atoms with van der Waals surface area (Å²) in [5.74, 6) is -0.551. The Morgan fingerprint density at radius 1 is 0.853 bits per heavy atom. The first kappa shape index (κ1) is 22.6. The molecule has 172 valence electrons. The molecule has 0 saturated carbocycles. The molecule has 3 amide bonds. The molecule has 4 rings (SSSR count). The van der Waals surface area contributed by atoms with Gasteiger partial charge in [-0.3, -0.25) is 4.79 Å². The summed E-state index contributed by atoms with van der Waals surface area (Å²) in [6.07, 6.45) is -5.35. The van der Waals surface area contributed by atoms with Crippen LogP contribution in [0.2, 0.25) is 0 Å². The van der Waals surface area contributed by atoms with Gasteiger partial charge in [-0.05, 0) is 64.0 Å². The lowest BCUT2D eigenvalue weighted by molar-refractivity contribution is -0.137. The Morgan fingerprint density at radius 3 is 2.18 bits per heavy atom. The molecule has 1 aliphatic heterocycles. The van der Waals surface area contributed by atoms with Crippen LogP contribution in [0.3, 0.4) is 0 Å². The molecule has 0 radical (unpaired) electrons. The van der Waals surface area contributed by atoms with Gasteiger partial charge in [0.15, 0.2) is 0 Å². The second kappa shape index (κ2) is 9.10. The first-order valence-electron chi connectivity index (χ1n) is 9.80. The number of rotatable bonds is 5. The van der Waals surface area contributed by atoms with Crippen LogP contribution in [0.15, 0.2) is 87.4 Å². The van der Waals surface area contributed by atoms with E-state index in [2.05, 4.69) is 31.3 Å². The summed E-state index contributed by atoms with van der Waals surface area (Å²) in [7, 11) is 0. The zero-order valence-corrected chi connectivity index (χ0v) is 17.2. The SMILES string of the molecule is NC(=O)c1ccc(-c2ccc(NC(=O)Nc3cccc(C(F)(F)F)c3)c(C3N=NN=N3)c2)cc1. The maximum atomic E-state index is 12.9. The van der Waals surface area contributed by atoms with Gasteiger partial charge in [0.2, 0.25) is 12.1 Å². The number of nitrogens with two attached hydrogens (primary N) is 1. The van der Waals surface area contributed by atoms with Gasteiger partial charge in [-0.1, -0.05) is 24.3 Å². The number of benzene rings is 3. The van der Waals surface area contributed by atoms with Crippen LogP contribution >= 0.6 is 0 Å². The lowest BCUT2D eigenvalue weighted by atomic mass is 9.99. The summed E-state index contributed by atoms with van der Waals surface area (Å²) in [6.45, 7) is 0. The number of carbonyl (C=O) groups excluding carboxylic acids is 2. The lowest BCUT2D eigenvalue weighted by Crippen LogP contribution is -2.21. The average molecular weight is 467 g/mol. The van der Waals surface area contributed by atoms with Crippen LogP contribution in [-0.4, -0.2) is 11.9 Å². The number of urea groups is 1. The van der Waals surface area contributed by atoms with Crippen molar-refractivity contribution in [3.05, 3.63) is 83.4 Å². The molecule has 12 heteroatoms. The van der Waals surface area contributed by atoms with E-state index >= 15 is 0 Å². The van der Waals surface area contributed by atoms with E-state index in [1.165, 1.54) is 12.1 Å². The van der Waals surface area contributed by atoms with Gasteiger partial charge in [-0.2, -0.15) is 13.2 Å². The molecule has 0 aliphatic carbocycles. The molecule has 0 unspecified atom stereocenters. The third-order valence-corrected chi connectivity index (χ3v) is 4.89. The summed E-state index contributed by atoms with van der Waals surface area (Å²) in [4.78, 5) is 23.8. The third-order valence-electron chi connectivity index (χ3n) is 4.89. The Balaban J connectivity index is 1.59. The molecule has 0 aromatic heterocycles. The van der Waals surface area contributed by atoms with Crippen LogP contribution in [0.4, 0.5) is 29.3 Å². The molecular weight excluding hydrogens is 451 g/mol. The van der Waals surface area contributed by atoms with E-state index in [4.69, 9.17) is 5.73 Å². The fourth-order valence-electron chi connectivity index (χ4n) is 3.25. The zero-order valence-electron chi connectivity index (χ0n) is 17.2. The van der Waals surface area contributed by atoms with E-state index < -0.39 is 29.8 Å². The van der Waals surface area contributed by atoms with Gasteiger partial charge in [0, 0.05) is 22.5 Å². The summed E-state index contributed by atoms with van der Waals surface area (Å²) in [5.41, 5.74) is 6.98. The van der Waals surface area contributed by atoms with Gasteiger partial charge >= 0.3 is 12.2 Å². The number of amides is 3. The van der Waals surface area contributed by atoms with Gasteiger partial charge < -0.3 is 16.4 Å². The van der Waals surface area contributed by atoms with E-state index in [0.29, 0.717) is 16.8 Å². The molecule has 0 bridgehead atoms. The van der Waals surface area contributed by atoms with E-state index in [0.717, 1.165) is 23.3 Å². The number of anilines is 2. The van der Waals surface area contributed by atoms with Crippen molar-refractivity contribution in [2.24, 2.45) is 26.4 Å². The summed E-state index contributed by atoms with van der Waals surface area (Å²) >= 11 is 0. The van der Waals surface area contributed by atoms with Crippen molar-refractivity contribution >= 4 is 23.3 Å². The zero-order chi connectivity index (χ0) is 24.3. The molecule has 4 N–H and O–H groups in total. The predicted octanol–water partition coefficient (Wildman–Crippen LogP) is 5.95. The summed E-state index contributed by atoms with van der Waals surface area (Å²) < 4.78 is 38.8. The van der Waals surface area contributed by atoms with Gasteiger partial charge in [0.1, 0.15) is 0 Å². The number of nitrogens with one attached hydrogen (secondary N) is 2. The van der Waals surface area contributed by atoms with Crippen molar-refractivity contribution in [3.63, 3.8) is 0 Å². The van der Waals surface area contributed by atoms with Gasteiger partial charge in [0.25, 0.3) is 0 Å². The molecule has 9 nitrogen and oxygen atoms in total. The van der Waals surface area contributed by atoms with Crippen molar-refractivity contribution in [1.29, 1.82) is 0 Å². The van der Waals surface area contributed by atoms with Crippen molar-refractivity contribution in [2.45, 2.75) is 12.3 Å².